The van der Waals surface area contributed by atoms with Crippen LogP contribution in [0.3, 0.4) is 0 Å². The topological polar surface area (TPSA) is 41.9 Å². The summed E-state index contributed by atoms with van der Waals surface area (Å²) in [5.41, 5.74) is 1.47. The van der Waals surface area contributed by atoms with Gasteiger partial charge >= 0.3 is 5.97 Å². The molecule has 0 spiro atoms. The number of hydrogen-bond acceptors (Lipinski definition) is 4. The van der Waals surface area contributed by atoms with Crippen molar-refractivity contribution in [2.24, 2.45) is 11.1 Å². The third kappa shape index (κ3) is 4.02. The van der Waals surface area contributed by atoms with Crippen molar-refractivity contribution in [2.75, 3.05) is 13.1 Å². The van der Waals surface area contributed by atoms with Crippen LogP contribution >= 0.6 is 0 Å². The minimum Gasteiger partial charge on any atom is -0.313 e. The summed E-state index contributed by atoms with van der Waals surface area (Å²) in [6.07, 6.45) is 2.73. The van der Waals surface area contributed by atoms with Crippen molar-refractivity contribution in [3.05, 3.63) is 48.6 Å². The lowest BCUT2D eigenvalue weighted by Crippen LogP contribution is -2.45. The largest absolute Gasteiger partial charge is 0.365 e. The maximum absolute atomic E-state index is 11.9. The van der Waals surface area contributed by atoms with Crippen molar-refractivity contribution >= 4 is 11.7 Å². The number of benzene rings is 1. The van der Waals surface area contributed by atoms with Gasteiger partial charge in [0.15, 0.2) is 0 Å². The van der Waals surface area contributed by atoms with Crippen LogP contribution in [0.4, 0.5) is 0 Å². The average Bonchev–Trinajstić information content (AvgIpc) is 2.50. The van der Waals surface area contributed by atoms with Crippen molar-refractivity contribution in [3.8, 4) is 0 Å². The Bertz CT molecular complexity index is 525. The molecule has 2 atom stereocenters. The first kappa shape index (κ1) is 15.4. The first-order valence-corrected chi connectivity index (χ1v) is 7.30. The molecule has 0 N–H and O–H groups in total. The molecule has 21 heavy (non-hydrogen) atoms. The monoisotopic (exact) mass is 286 g/mol. The second-order valence-electron chi connectivity index (χ2n) is 5.52. The first-order chi connectivity index (χ1) is 10.1. The number of oxime groups is 1. The fraction of sp³-hybridized carbons (Fsp3) is 0.412. The molecule has 4 heteroatoms. The molecule has 4 nitrogen and oxygen atoms in total. The van der Waals surface area contributed by atoms with E-state index >= 15 is 0 Å². The van der Waals surface area contributed by atoms with E-state index in [1.54, 1.807) is 12.1 Å². The van der Waals surface area contributed by atoms with Crippen LogP contribution in [0.1, 0.15) is 30.6 Å². The first-order valence-electron chi connectivity index (χ1n) is 7.30. The van der Waals surface area contributed by atoms with Crippen LogP contribution in [0, 0.1) is 5.92 Å². The van der Waals surface area contributed by atoms with Crippen molar-refractivity contribution in [2.45, 2.75) is 26.3 Å². The van der Waals surface area contributed by atoms with Crippen molar-refractivity contribution in [1.82, 2.24) is 4.90 Å². The van der Waals surface area contributed by atoms with Gasteiger partial charge in [0.1, 0.15) is 0 Å². The van der Waals surface area contributed by atoms with Gasteiger partial charge in [-0.3, -0.25) is 4.90 Å². The number of carbonyl (C=O) groups excluding carboxylic acids is 1. The molecule has 2 rings (SSSR count). The zero-order chi connectivity index (χ0) is 15.2. The molecule has 1 aromatic rings. The Morgan fingerprint density at radius 1 is 1.43 bits per heavy atom. The van der Waals surface area contributed by atoms with Crippen LogP contribution < -0.4 is 0 Å². The normalized spacial score (nSPS) is 24.8. The quantitative estimate of drug-likeness (QED) is 0.485. The number of likely N-dealkylation sites (tertiary alicyclic amines) is 1. The highest BCUT2D eigenvalue weighted by molar-refractivity contribution is 5.91. The van der Waals surface area contributed by atoms with Crippen molar-refractivity contribution in [1.29, 1.82) is 0 Å². The molecule has 0 bridgehead atoms. The van der Waals surface area contributed by atoms with Crippen LogP contribution in [0.2, 0.25) is 0 Å². The van der Waals surface area contributed by atoms with Gasteiger partial charge in [-0.15, -0.1) is 6.58 Å². The minimum atomic E-state index is -0.406. The van der Waals surface area contributed by atoms with Crippen molar-refractivity contribution in [3.63, 3.8) is 0 Å². The van der Waals surface area contributed by atoms with Gasteiger partial charge in [-0.05, 0) is 19.1 Å². The Morgan fingerprint density at radius 3 is 2.81 bits per heavy atom. The molecule has 1 aliphatic heterocycles. The number of nitrogens with zero attached hydrogens (tertiary/aromatic N) is 2. The van der Waals surface area contributed by atoms with E-state index in [2.05, 4.69) is 30.5 Å². The zero-order valence-corrected chi connectivity index (χ0v) is 12.7. The lowest BCUT2D eigenvalue weighted by Gasteiger charge is -2.36. The highest BCUT2D eigenvalue weighted by Crippen LogP contribution is 2.20. The van der Waals surface area contributed by atoms with E-state index in [1.165, 1.54) is 0 Å². The van der Waals surface area contributed by atoms with E-state index in [0.717, 1.165) is 25.2 Å². The lowest BCUT2D eigenvalue weighted by molar-refractivity contribution is 0.0508. The maximum Gasteiger partial charge on any atom is 0.365 e. The Morgan fingerprint density at radius 2 is 2.14 bits per heavy atom. The molecule has 0 unspecified atom stereocenters. The van der Waals surface area contributed by atoms with E-state index in [9.17, 15) is 4.79 Å². The molecule has 1 aliphatic rings. The smallest absolute Gasteiger partial charge is 0.313 e. The third-order valence-corrected chi connectivity index (χ3v) is 3.82. The van der Waals surface area contributed by atoms with E-state index < -0.39 is 5.97 Å². The summed E-state index contributed by atoms with van der Waals surface area (Å²) in [6, 6.07) is 9.31. The van der Waals surface area contributed by atoms with Crippen LogP contribution in [0.25, 0.3) is 0 Å². The predicted molar refractivity (Wildman–Crippen MR) is 84.3 cm³/mol. The number of piperidine rings is 1. The molecular formula is C17H22N2O2. The Labute approximate surface area is 126 Å². The van der Waals surface area contributed by atoms with Gasteiger partial charge in [0.25, 0.3) is 0 Å². The summed E-state index contributed by atoms with van der Waals surface area (Å²) in [7, 11) is 0. The minimum absolute atomic E-state index is 0.282. The van der Waals surface area contributed by atoms with Gasteiger partial charge in [0.05, 0.1) is 11.3 Å². The highest BCUT2D eigenvalue weighted by atomic mass is 16.7. The molecule has 112 valence electrons. The van der Waals surface area contributed by atoms with Crippen LogP contribution in [-0.2, 0) is 4.84 Å². The summed E-state index contributed by atoms with van der Waals surface area (Å²) in [4.78, 5) is 19.3. The van der Waals surface area contributed by atoms with Gasteiger partial charge < -0.3 is 4.84 Å². The summed E-state index contributed by atoms with van der Waals surface area (Å²) in [5.74, 6) is -0.124. The molecule has 1 saturated heterocycles. The number of rotatable bonds is 4. The SMILES string of the molecule is C=CCN1C[C@@H](C)/C(=N\OC(=O)c2ccccc2)C[C@@H]1C. The summed E-state index contributed by atoms with van der Waals surface area (Å²) in [5, 5.41) is 4.10. The summed E-state index contributed by atoms with van der Waals surface area (Å²) >= 11 is 0. The Kier molecular flexibility index (Phi) is 5.28. The van der Waals surface area contributed by atoms with Crippen LogP contribution in [-0.4, -0.2) is 35.7 Å². The summed E-state index contributed by atoms with van der Waals surface area (Å²) in [6.45, 7) is 9.84. The van der Waals surface area contributed by atoms with Crippen LogP contribution in [0.15, 0.2) is 48.1 Å². The van der Waals surface area contributed by atoms with Gasteiger partial charge in [0, 0.05) is 31.5 Å². The average molecular weight is 286 g/mol. The van der Waals surface area contributed by atoms with Crippen LogP contribution in [0.5, 0.6) is 0 Å². The van der Waals surface area contributed by atoms with Gasteiger partial charge in [-0.25, -0.2) is 4.79 Å². The number of carbonyl (C=O) groups is 1. The zero-order valence-electron chi connectivity index (χ0n) is 12.7. The molecule has 1 fully saturated rings. The molecule has 0 saturated carbocycles. The molecule has 0 radical (unpaired) electrons. The highest BCUT2D eigenvalue weighted by Gasteiger charge is 2.27. The molecule has 0 aromatic heterocycles. The third-order valence-electron chi connectivity index (χ3n) is 3.82. The second-order valence-corrected chi connectivity index (χ2v) is 5.52. The second kappa shape index (κ2) is 7.18. The summed E-state index contributed by atoms with van der Waals surface area (Å²) < 4.78 is 0. The Balaban J connectivity index is 1.98. The van der Waals surface area contributed by atoms with E-state index in [0.29, 0.717) is 11.6 Å². The lowest BCUT2D eigenvalue weighted by atomic mass is 9.93. The van der Waals surface area contributed by atoms with E-state index in [-0.39, 0.29) is 5.92 Å². The standard InChI is InChI=1S/C17H22N2O2/c1-4-10-19-12-13(2)16(11-14(19)3)18-21-17(20)15-8-6-5-7-9-15/h4-9,13-14H,1,10-12H2,2-3H3/b18-16-/t13-,14+/m1/s1. The van der Waals surface area contributed by atoms with Gasteiger partial charge in [0.2, 0.25) is 0 Å². The van der Waals surface area contributed by atoms with Gasteiger partial charge in [-0.2, -0.15) is 0 Å². The fourth-order valence-electron chi connectivity index (χ4n) is 2.54. The molecular weight excluding hydrogens is 264 g/mol. The molecule has 1 aromatic carbocycles. The van der Waals surface area contributed by atoms with Gasteiger partial charge in [-0.1, -0.05) is 36.4 Å². The Hall–Kier alpha value is -1.94. The van der Waals surface area contributed by atoms with Crippen molar-refractivity contribution < 1.29 is 9.63 Å². The fourth-order valence-corrected chi connectivity index (χ4v) is 2.54. The molecule has 0 amide bonds. The molecule has 1 heterocycles. The van der Waals surface area contributed by atoms with E-state index in [4.69, 9.17) is 4.84 Å². The predicted octanol–water partition coefficient (Wildman–Crippen LogP) is 3.12. The maximum atomic E-state index is 11.9. The number of hydrogen-bond donors (Lipinski definition) is 0. The van der Waals surface area contributed by atoms with E-state index in [1.807, 2.05) is 24.3 Å². The molecule has 0 aliphatic carbocycles.